The fourth-order valence-electron chi connectivity index (χ4n) is 1.80. The predicted molar refractivity (Wildman–Crippen MR) is 77.3 cm³/mol. The summed E-state index contributed by atoms with van der Waals surface area (Å²) in [5.74, 6) is 0.762. The lowest BCUT2D eigenvalue weighted by Crippen LogP contribution is -2.19. The molecule has 0 fully saturated rings. The molecule has 94 valence electrons. The zero-order chi connectivity index (χ0) is 13.1. The number of hydrogen-bond acceptors (Lipinski definition) is 3. The van der Waals surface area contributed by atoms with E-state index >= 15 is 0 Å². The van der Waals surface area contributed by atoms with Gasteiger partial charge in [-0.1, -0.05) is 28.1 Å². The molecule has 2 N–H and O–H groups in total. The Morgan fingerprint density at radius 1 is 1.22 bits per heavy atom. The first-order valence-corrected chi connectivity index (χ1v) is 6.70. The molecule has 1 aromatic heterocycles. The van der Waals surface area contributed by atoms with Crippen molar-refractivity contribution in [2.45, 2.75) is 26.3 Å². The van der Waals surface area contributed by atoms with E-state index in [1.807, 2.05) is 44.2 Å². The first kappa shape index (κ1) is 13.2. The Kier molecular flexibility index (Phi) is 4.09. The highest BCUT2D eigenvalue weighted by Gasteiger charge is 2.06. The van der Waals surface area contributed by atoms with Crippen LogP contribution < -0.4 is 5.73 Å². The van der Waals surface area contributed by atoms with E-state index in [1.54, 1.807) is 0 Å². The minimum Gasteiger partial charge on any atom is -0.328 e. The van der Waals surface area contributed by atoms with E-state index in [9.17, 15) is 0 Å². The van der Waals surface area contributed by atoms with E-state index in [-0.39, 0.29) is 6.04 Å². The minimum absolute atomic E-state index is 0.108. The zero-order valence-corrected chi connectivity index (χ0v) is 12.1. The van der Waals surface area contributed by atoms with Crippen LogP contribution in [-0.2, 0) is 6.42 Å². The summed E-state index contributed by atoms with van der Waals surface area (Å²) in [6.45, 7) is 3.96. The van der Waals surface area contributed by atoms with Crippen molar-refractivity contribution < 1.29 is 0 Å². The summed E-state index contributed by atoms with van der Waals surface area (Å²) in [6.07, 6.45) is 0.771. The van der Waals surface area contributed by atoms with Gasteiger partial charge in [-0.15, -0.1) is 0 Å². The van der Waals surface area contributed by atoms with Crippen LogP contribution in [0.15, 0.2) is 34.8 Å². The topological polar surface area (TPSA) is 51.8 Å². The van der Waals surface area contributed by atoms with Crippen LogP contribution in [0.5, 0.6) is 0 Å². The molecule has 1 unspecified atom stereocenters. The highest BCUT2D eigenvalue weighted by molar-refractivity contribution is 9.10. The van der Waals surface area contributed by atoms with Gasteiger partial charge in [0.2, 0.25) is 0 Å². The highest BCUT2D eigenvalue weighted by atomic mass is 79.9. The molecule has 0 saturated carbocycles. The van der Waals surface area contributed by atoms with Gasteiger partial charge in [-0.05, 0) is 32.0 Å². The lowest BCUT2D eigenvalue weighted by Gasteiger charge is -2.08. The van der Waals surface area contributed by atoms with E-state index < -0.39 is 0 Å². The Morgan fingerprint density at radius 3 is 2.50 bits per heavy atom. The van der Waals surface area contributed by atoms with Gasteiger partial charge in [0.25, 0.3) is 0 Å². The van der Waals surface area contributed by atoms with Crippen LogP contribution >= 0.6 is 15.9 Å². The van der Waals surface area contributed by atoms with Crippen molar-refractivity contribution in [3.8, 4) is 11.4 Å². The zero-order valence-electron chi connectivity index (χ0n) is 10.5. The van der Waals surface area contributed by atoms with Gasteiger partial charge in [-0.2, -0.15) is 0 Å². The second-order valence-corrected chi connectivity index (χ2v) is 5.43. The van der Waals surface area contributed by atoms with Gasteiger partial charge in [0, 0.05) is 33.9 Å². The van der Waals surface area contributed by atoms with Crippen molar-refractivity contribution >= 4 is 15.9 Å². The van der Waals surface area contributed by atoms with Crippen LogP contribution in [0.4, 0.5) is 0 Å². The molecule has 0 aliphatic rings. The monoisotopic (exact) mass is 305 g/mol. The summed E-state index contributed by atoms with van der Waals surface area (Å²) >= 11 is 3.42. The summed E-state index contributed by atoms with van der Waals surface area (Å²) < 4.78 is 1.05. The molecule has 0 saturated heterocycles. The van der Waals surface area contributed by atoms with Gasteiger partial charge in [0.15, 0.2) is 5.82 Å². The van der Waals surface area contributed by atoms with Gasteiger partial charge in [0.05, 0.1) is 0 Å². The minimum atomic E-state index is 0.108. The SMILES string of the molecule is Cc1cc(CC(C)N)nc(-c2ccc(Br)cc2)n1. The van der Waals surface area contributed by atoms with E-state index in [0.29, 0.717) is 0 Å². The molecule has 0 aliphatic heterocycles. The summed E-state index contributed by atoms with van der Waals surface area (Å²) in [4.78, 5) is 9.04. The van der Waals surface area contributed by atoms with Crippen molar-refractivity contribution in [2.24, 2.45) is 5.73 Å². The molecular weight excluding hydrogens is 290 g/mol. The van der Waals surface area contributed by atoms with Crippen LogP contribution in [0, 0.1) is 6.92 Å². The van der Waals surface area contributed by atoms with Gasteiger partial charge in [-0.25, -0.2) is 9.97 Å². The number of nitrogens with two attached hydrogens (primary N) is 1. The van der Waals surface area contributed by atoms with Crippen molar-refractivity contribution in [2.75, 3.05) is 0 Å². The summed E-state index contributed by atoms with van der Waals surface area (Å²) in [5, 5.41) is 0. The third-order valence-electron chi connectivity index (χ3n) is 2.54. The molecule has 3 nitrogen and oxygen atoms in total. The number of aromatic nitrogens is 2. The Labute approximate surface area is 116 Å². The van der Waals surface area contributed by atoms with Crippen molar-refractivity contribution in [3.05, 3.63) is 46.2 Å². The molecule has 1 aromatic carbocycles. The molecule has 1 atom stereocenters. The first-order chi connectivity index (χ1) is 8.54. The van der Waals surface area contributed by atoms with Crippen LogP contribution in [0.1, 0.15) is 18.3 Å². The van der Waals surface area contributed by atoms with E-state index in [2.05, 4.69) is 25.9 Å². The third kappa shape index (κ3) is 3.37. The van der Waals surface area contributed by atoms with E-state index in [0.717, 1.165) is 33.7 Å². The largest absolute Gasteiger partial charge is 0.328 e. The Hall–Kier alpha value is -1.26. The van der Waals surface area contributed by atoms with E-state index in [1.165, 1.54) is 0 Å². The third-order valence-corrected chi connectivity index (χ3v) is 3.07. The lowest BCUT2D eigenvalue weighted by atomic mass is 10.1. The standard InChI is InChI=1S/C14H16BrN3/c1-9(16)7-13-8-10(2)17-14(18-13)11-3-5-12(15)6-4-11/h3-6,8-9H,7,16H2,1-2H3. The number of nitrogens with zero attached hydrogens (tertiary/aromatic N) is 2. The molecule has 0 aliphatic carbocycles. The first-order valence-electron chi connectivity index (χ1n) is 5.90. The molecule has 18 heavy (non-hydrogen) atoms. The number of hydrogen-bond donors (Lipinski definition) is 1. The molecular formula is C14H16BrN3. The van der Waals surface area contributed by atoms with Crippen molar-refractivity contribution in [1.82, 2.24) is 9.97 Å². The van der Waals surface area contributed by atoms with Crippen molar-refractivity contribution in [1.29, 1.82) is 0 Å². The number of rotatable bonds is 3. The fraction of sp³-hybridized carbons (Fsp3) is 0.286. The molecule has 0 amide bonds. The Bertz CT molecular complexity index is 535. The maximum absolute atomic E-state index is 5.82. The number of benzene rings is 1. The molecule has 2 aromatic rings. The maximum atomic E-state index is 5.82. The maximum Gasteiger partial charge on any atom is 0.159 e. The van der Waals surface area contributed by atoms with E-state index in [4.69, 9.17) is 5.73 Å². The van der Waals surface area contributed by atoms with Crippen LogP contribution in [0.3, 0.4) is 0 Å². The van der Waals surface area contributed by atoms with Gasteiger partial charge < -0.3 is 5.73 Å². The molecule has 0 radical (unpaired) electrons. The Balaban J connectivity index is 2.38. The lowest BCUT2D eigenvalue weighted by molar-refractivity contribution is 0.719. The predicted octanol–water partition coefficient (Wildman–Crippen LogP) is 3.10. The van der Waals surface area contributed by atoms with Gasteiger partial charge in [0.1, 0.15) is 0 Å². The highest BCUT2D eigenvalue weighted by Crippen LogP contribution is 2.19. The van der Waals surface area contributed by atoms with Crippen LogP contribution in [0.25, 0.3) is 11.4 Å². The quantitative estimate of drug-likeness (QED) is 0.948. The second-order valence-electron chi connectivity index (χ2n) is 4.51. The summed E-state index contributed by atoms with van der Waals surface area (Å²) in [5.41, 5.74) is 8.80. The molecule has 4 heteroatoms. The summed E-state index contributed by atoms with van der Waals surface area (Å²) in [6, 6.07) is 10.1. The second kappa shape index (κ2) is 5.59. The molecule has 2 rings (SSSR count). The molecule has 1 heterocycles. The van der Waals surface area contributed by atoms with Crippen LogP contribution in [-0.4, -0.2) is 16.0 Å². The summed E-state index contributed by atoms with van der Waals surface area (Å²) in [7, 11) is 0. The smallest absolute Gasteiger partial charge is 0.159 e. The number of halogens is 1. The normalized spacial score (nSPS) is 12.4. The average Bonchev–Trinajstić information content (AvgIpc) is 2.28. The molecule has 0 spiro atoms. The molecule has 0 bridgehead atoms. The number of aryl methyl sites for hydroxylation is 1. The van der Waals surface area contributed by atoms with Gasteiger partial charge >= 0.3 is 0 Å². The average molecular weight is 306 g/mol. The van der Waals surface area contributed by atoms with Gasteiger partial charge in [-0.3, -0.25) is 0 Å². The Morgan fingerprint density at radius 2 is 1.89 bits per heavy atom. The fourth-order valence-corrected chi connectivity index (χ4v) is 2.06. The van der Waals surface area contributed by atoms with Crippen LogP contribution in [0.2, 0.25) is 0 Å². The van der Waals surface area contributed by atoms with Crippen molar-refractivity contribution in [3.63, 3.8) is 0 Å².